The van der Waals surface area contributed by atoms with Gasteiger partial charge in [-0.25, -0.2) is 4.79 Å². The summed E-state index contributed by atoms with van der Waals surface area (Å²) in [5.74, 6) is 0.661. The van der Waals surface area contributed by atoms with Crippen molar-refractivity contribution in [1.82, 2.24) is 5.32 Å². The number of hydrogen-bond acceptors (Lipinski definition) is 3. The number of amides is 1. The predicted octanol–water partition coefficient (Wildman–Crippen LogP) is 5.87. The van der Waals surface area contributed by atoms with Gasteiger partial charge in [-0.15, -0.1) is 0 Å². The normalized spacial score (nSPS) is 20.8. The molecule has 0 heterocycles. The van der Waals surface area contributed by atoms with Crippen molar-refractivity contribution in [3.8, 4) is 0 Å². The Balaban J connectivity index is 1.72. The van der Waals surface area contributed by atoms with Crippen molar-refractivity contribution in [3.05, 3.63) is 29.8 Å². The summed E-state index contributed by atoms with van der Waals surface area (Å²) in [6.07, 6.45) is 5.16. The summed E-state index contributed by atoms with van der Waals surface area (Å²) < 4.78 is 5.35. The van der Waals surface area contributed by atoms with Gasteiger partial charge >= 0.3 is 6.09 Å². The molecule has 0 saturated heterocycles. The molecule has 0 aliphatic heterocycles. The van der Waals surface area contributed by atoms with Crippen molar-refractivity contribution >= 4 is 11.8 Å². The number of rotatable bonds is 6. The molecular formula is C23H38N2O2. The van der Waals surface area contributed by atoms with Gasteiger partial charge in [-0.3, -0.25) is 0 Å². The number of hydrogen-bond donors (Lipinski definition) is 2. The SMILES string of the molecule is CCC(C)(C)c1ccc(NCC2CCC(NC(=O)OC(C)(C)C)CC2)cc1. The van der Waals surface area contributed by atoms with Crippen LogP contribution in [-0.4, -0.2) is 24.3 Å². The Labute approximate surface area is 165 Å². The molecule has 4 heteroatoms. The van der Waals surface area contributed by atoms with Crippen LogP contribution in [0.15, 0.2) is 24.3 Å². The fraction of sp³-hybridized carbons (Fsp3) is 0.696. The topological polar surface area (TPSA) is 50.4 Å². The summed E-state index contributed by atoms with van der Waals surface area (Å²) in [5.41, 5.74) is 2.38. The number of ether oxygens (including phenoxy) is 1. The molecule has 1 saturated carbocycles. The summed E-state index contributed by atoms with van der Waals surface area (Å²) in [5, 5.41) is 6.60. The maximum Gasteiger partial charge on any atom is 0.407 e. The fourth-order valence-corrected chi connectivity index (χ4v) is 3.49. The zero-order valence-electron chi connectivity index (χ0n) is 18.0. The molecule has 152 valence electrons. The zero-order chi connectivity index (χ0) is 20.1. The summed E-state index contributed by atoms with van der Waals surface area (Å²) in [4.78, 5) is 11.9. The lowest BCUT2D eigenvalue weighted by molar-refractivity contribution is 0.0488. The zero-order valence-corrected chi connectivity index (χ0v) is 18.0. The maximum atomic E-state index is 11.9. The Kier molecular flexibility index (Phi) is 7.19. The molecule has 1 fully saturated rings. The Morgan fingerprint density at radius 3 is 2.15 bits per heavy atom. The van der Waals surface area contributed by atoms with Crippen LogP contribution in [0.25, 0.3) is 0 Å². The Bertz CT molecular complexity index is 594. The lowest BCUT2D eigenvalue weighted by Crippen LogP contribution is -2.41. The molecule has 0 unspecified atom stereocenters. The van der Waals surface area contributed by atoms with Crippen LogP contribution in [0.4, 0.5) is 10.5 Å². The van der Waals surface area contributed by atoms with E-state index < -0.39 is 5.60 Å². The van der Waals surface area contributed by atoms with Gasteiger partial charge in [0.2, 0.25) is 0 Å². The van der Waals surface area contributed by atoms with E-state index in [1.807, 2.05) is 20.8 Å². The van der Waals surface area contributed by atoms with Gasteiger partial charge in [-0.05, 0) is 81.9 Å². The third-order valence-electron chi connectivity index (χ3n) is 5.71. The Hall–Kier alpha value is -1.71. The summed E-state index contributed by atoms with van der Waals surface area (Å²) >= 11 is 0. The first-order valence-electron chi connectivity index (χ1n) is 10.4. The average Bonchev–Trinajstić information content (AvgIpc) is 2.60. The Morgan fingerprint density at radius 2 is 1.63 bits per heavy atom. The molecule has 1 aromatic rings. The van der Waals surface area contributed by atoms with Crippen LogP contribution >= 0.6 is 0 Å². The fourth-order valence-electron chi connectivity index (χ4n) is 3.49. The molecule has 2 N–H and O–H groups in total. The number of alkyl carbamates (subject to hydrolysis) is 1. The van der Waals surface area contributed by atoms with E-state index in [2.05, 4.69) is 55.7 Å². The third-order valence-corrected chi connectivity index (χ3v) is 5.71. The smallest absolute Gasteiger partial charge is 0.407 e. The predicted molar refractivity (Wildman–Crippen MR) is 113 cm³/mol. The monoisotopic (exact) mass is 374 g/mol. The molecule has 0 atom stereocenters. The molecule has 0 spiro atoms. The molecule has 0 radical (unpaired) electrons. The first-order valence-corrected chi connectivity index (χ1v) is 10.4. The first kappa shape index (κ1) is 21.6. The minimum absolute atomic E-state index is 0.234. The highest BCUT2D eigenvalue weighted by Gasteiger charge is 2.24. The van der Waals surface area contributed by atoms with Gasteiger partial charge in [0.25, 0.3) is 0 Å². The van der Waals surface area contributed by atoms with E-state index in [4.69, 9.17) is 4.74 Å². The number of nitrogens with one attached hydrogen (secondary N) is 2. The van der Waals surface area contributed by atoms with Crippen molar-refractivity contribution in [2.75, 3.05) is 11.9 Å². The molecule has 4 nitrogen and oxygen atoms in total. The third kappa shape index (κ3) is 7.08. The van der Waals surface area contributed by atoms with Crippen molar-refractivity contribution in [2.24, 2.45) is 5.92 Å². The lowest BCUT2D eigenvalue weighted by Gasteiger charge is -2.30. The second-order valence-corrected chi connectivity index (χ2v) is 9.56. The van der Waals surface area contributed by atoms with Crippen molar-refractivity contribution in [1.29, 1.82) is 0 Å². The minimum Gasteiger partial charge on any atom is -0.444 e. The quantitative estimate of drug-likeness (QED) is 0.655. The van der Waals surface area contributed by atoms with E-state index in [1.54, 1.807) is 0 Å². The largest absolute Gasteiger partial charge is 0.444 e. The van der Waals surface area contributed by atoms with Gasteiger partial charge < -0.3 is 15.4 Å². The number of carbonyl (C=O) groups is 1. The van der Waals surface area contributed by atoms with E-state index in [1.165, 1.54) is 11.3 Å². The van der Waals surface area contributed by atoms with E-state index >= 15 is 0 Å². The van der Waals surface area contributed by atoms with E-state index in [9.17, 15) is 4.79 Å². The molecule has 1 aliphatic rings. The number of anilines is 1. The van der Waals surface area contributed by atoms with Gasteiger partial charge in [0.05, 0.1) is 0 Å². The van der Waals surface area contributed by atoms with Gasteiger partial charge in [-0.1, -0.05) is 32.9 Å². The minimum atomic E-state index is -0.437. The molecule has 27 heavy (non-hydrogen) atoms. The van der Waals surface area contributed by atoms with Crippen LogP contribution in [0.3, 0.4) is 0 Å². The Morgan fingerprint density at radius 1 is 1.04 bits per heavy atom. The highest BCUT2D eigenvalue weighted by molar-refractivity contribution is 5.68. The van der Waals surface area contributed by atoms with Crippen LogP contribution in [-0.2, 0) is 10.2 Å². The second kappa shape index (κ2) is 8.99. The summed E-state index contributed by atoms with van der Waals surface area (Å²) in [6.45, 7) is 13.5. The van der Waals surface area contributed by atoms with E-state index in [-0.39, 0.29) is 17.6 Å². The highest BCUT2D eigenvalue weighted by atomic mass is 16.6. The molecule has 1 aromatic carbocycles. The van der Waals surface area contributed by atoms with Gasteiger partial charge in [-0.2, -0.15) is 0 Å². The van der Waals surface area contributed by atoms with Crippen LogP contribution in [0, 0.1) is 5.92 Å². The van der Waals surface area contributed by atoms with Crippen LogP contribution in [0.2, 0.25) is 0 Å². The van der Waals surface area contributed by atoms with Gasteiger partial charge in [0.1, 0.15) is 5.60 Å². The molecular weight excluding hydrogens is 336 g/mol. The lowest BCUT2D eigenvalue weighted by atomic mass is 9.82. The van der Waals surface area contributed by atoms with Crippen LogP contribution < -0.4 is 10.6 Å². The molecule has 1 aliphatic carbocycles. The van der Waals surface area contributed by atoms with Gasteiger partial charge in [0.15, 0.2) is 0 Å². The van der Waals surface area contributed by atoms with Gasteiger partial charge in [0, 0.05) is 18.3 Å². The molecule has 2 rings (SSSR count). The van der Waals surface area contributed by atoms with Crippen molar-refractivity contribution in [2.45, 2.75) is 90.7 Å². The summed E-state index contributed by atoms with van der Waals surface area (Å²) in [7, 11) is 0. The van der Waals surface area contributed by atoms with Crippen LogP contribution in [0.5, 0.6) is 0 Å². The number of carbonyl (C=O) groups excluding carboxylic acids is 1. The highest BCUT2D eigenvalue weighted by Crippen LogP contribution is 2.28. The first-order chi connectivity index (χ1) is 12.6. The molecule has 0 aromatic heterocycles. The maximum absolute atomic E-state index is 11.9. The van der Waals surface area contributed by atoms with E-state index in [0.717, 1.165) is 38.6 Å². The van der Waals surface area contributed by atoms with Crippen molar-refractivity contribution in [3.63, 3.8) is 0 Å². The average molecular weight is 375 g/mol. The van der Waals surface area contributed by atoms with Crippen molar-refractivity contribution < 1.29 is 9.53 Å². The number of benzene rings is 1. The summed E-state index contributed by atoms with van der Waals surface area (Å²) in [6, 6.07) is 9.12. The molecule has 0 bridgehead atoms. The standard InChI is InChI=1S/C23H38N2O2/c1-7-23(5,6)18-10-14-19(15-11-18)24-16-17-8-12-20(13-9-17)25-21(26)27-22(2,3)4/h10-11,14-15,17,20,24H,7-9,12-13,16H2,1-6H3,(H,25,26). The second-order valence-electron chi connectivity index (χ2n) is 9.56. The molecule has 1 amide bonds. The van der Waals surface area contributed by atoms with E-state index in [0.29, 0.717) is 5.92 Å². The van der Waals surface area contributed by atoms with Crippen LogP contribution in [0.1, 0.15) is 79.2 Å².